The zero-order valence-electron chi connectivity index (χ0n) is 17.3. The average molecular weight is 453 g/mol. The van der Waals surface area contributed by atoms with Crippen molar-refractivity contribution >= 4 is 41.0 Å². The molecule has 0 radical (unpaired) electrons. The third kappa shape index (κ3) is 6.92. The Kier molecular flexibility index (Phi) is 9.35. The molecule has 0 aliphatic heterocycles. The van der Waals surface area contributed by atoms with Gasteiger partial charge in [0.25, 0.3) is 5.24 Å². The van der Waals surface area contributed by atoms with Crippen molar-refractivity contribution < 1.29 is 4.79 Å². The van der Waals surface area contributed by atoms with E-state index < -0.39 is 0 Å². The molecule has 158 valence electrons. The monoisotopic (exact) mass is 452 g/mol. The van der Waals surface area contributed by atoms with Gasteiger partial charge in [-0.15, -0.1) is 12.4 Å². The summed E-state index contributed by atoms with van der Waals surface area (Å²) in [6.45, 7) is 0.977. The van der Waals surface area contributed by atoms with Gasteiger partial charge in [-0.05, 0) is 92.9 Å². The first-order valence-corrected chi connectivity index (χ1v) is 11.1. The first-order chi connectivity index (χ1) is 13.4. The molecule has 0 heterocycles. The van der Waals surface area contributed by atoms with Gasteiger partial charge in [-0.25, -0.2) is 0 Å². The van der Waals surface area contributed by atoms with Crippen molar-refractivity contribution in [3.8, 4) is 0 Å². The third-order valence-corrected chi connectivity index (χ3v) is 6.72. The van der Waals surface area contributed by atoms with Crippen molar-refractivity contribution in [1.29, 1.82) is 0 Å². The van der Waals surface area contributed by atoms with E-state index in [0.717, 1.165) is 37.1 Å². The van der Waals surface area contributed by atoms with Crippen LogP contribution >= 0.6 is 35.8 Å². The first-order valence-electron chi connectivity index (χ1n) is 9.86. The Morgan fingerprint density at radius 2 is 1.55 bits per heavy atom. The molecule has 0 N–H and O–H groups in total. The zero-order valence-corrected chi connectivity index (χ0v) is 19.7. The van der Waals surface area contributed by atoms with Crippen LogP contribution in [0.25, 0.3) is 0 Å². The molecule has 3 nitrogen and oxygen atoms in total. The van der Waals surface area contributed by atoms with Gasteiger partial charge in [0, 0.05) is 29.6 Å². The summed E-state index contributed by atoms with van der Waals surface area (Å²) in [7, 11) is 6.13. The van der Waals surface area contributed by atoms with E-state index in [1.165, 1.54) is 22.9 Å². The Morgan fingerprint density at radius 1 is 0.966 bits per heavy atom. The molecule has 0 atom stereocenters. The molecule has 29 heavy (non-hydrogen) atoms. The fraction of sp³-hybridized carbons (Fsp3) is 0.435. The molecule has 1 aliphatic carbocycles. The van der Waals surface area contributed by atoms with Gasteiger partial charge in [0.2, 0.25) is 0 Å². The highest BCUT2D eigenvalue weighted by atomic mass is 35.5. The number of thioether (sulfide) groups is 1. The van der Waals surface area contributed by atoms with Crippen LogP contribution < -0.4 is 0 Å². The summed E-state index contributed by atoms with van der Waals surface area (Å²) in [5, 5.41) is 0.803. The summed E-state index contributed by atoms with van der Waals surface area (Å²) in [5.74, 6) is 0.608. The van der Waals surface area contributed by atoms with E-state index >= 15 is 0 Å². The summed E-state index contributed by atoms with van der Waals surface area (Å²) in [5.41, 5.74) is 2.79. The van der Waals surface area contributed by atoms with Gasteiger partial charge in [0.1, 0.15) is 0 Å². The highest BCUT2D eigenvalue weighted by Gasteiger charge is 2.27. The molecular formula is C23H30Cl2N2OS. The lowest BCUT2D eigenvalue weighted by Crippen LogP contribution is -2.37. The minimum absolute atomic E-state index is 0. The van der Waals surface area contributed by atoms with E-state index in [1.807, 2.05) is 36.2 Å². The maximum atomic E-state index is 12.6. The van der Waals surface area contributed by atoms with E-state index in [4.69, 9.17) is 11.6 Å². The Morgan fingerprint density at radius 3 is 2.10 bits per heavy atom. The molecule has 1 fully saturated rings. The SMILES string of the molecule is CN(C)Cc1ccc(C2CCC(N(C)C(=O)Sc3ccc(Cl)cc3)CC2)cc1.Cl. The molecule has 0 aromatic heterocycles. The minimum atomic E-state index is 0. The molecule has 1 saturated carbocycles. The molecule has 0 unspecified atom stereocenters. The molecule has 0 spiro atoms. The van der Waals surface area contributed by atoms with E-state index in [2.05, 4.69) is 43.3 Å². The zero-order chi connectivity index (χ0) is 20.1. The number of amides is 1. The molecule has 1 aliphatic rings. The minimum Gasteiger partial charge on any atom is -0.333 e. The smallest absolute Gasteiger partial charge is 0.286 e. The molecule has 0 saturated heterocycles. The van der Waals surface area contributed by atoms with Crippen LogP contribution in [-0.2, 0) is 6.54 Å². The van der Waals surface area contributed by atoms with E-state index in [1.54, 1.807) is 0 Å². The molecular weight excluding hydrogens is 423 g/mol. The van der Waals surface area contributed by atoms with Crippen LogP contribution in [-0.4, -0.2) is 42.2 Å². The Labute approximate surface area is 190 Å². The van der Waals surface area contributed by atoms with Gasteiger partial charge >= 0.3 is 0 Å². The average Bonchev–Trinajstić information content (AvgIpc) is 2.69. The lowest BCUT2D eigenvalue weighted by molar-refractivity contribution is 0.191. The number of carbonyl (C=O) groups is 1. The Balaban J connectivity index is 0.00000300. The lowest BCUT2D eigenvalue weighted by atomic mass is 9.81. The molecule has 2 aromatic carbocycles. The molecule has 2 aromatic rings. The van der Waals surface area contributed by atoms with Crippen LogP contribution in [0.4, 0.5) is 4.79 Å². The molecule has 0 bridgehead atoms. The van der Waals surface area contributed by atoms with Crippen molar-refractivity contribution in [3.05, 3.63) is 64.7 Å². The molecule has 3 rings (SSSR count). The number of nitrogens with zero attached hydrogens (tertiary/aromatic N) is 2. The summed E-state index contributed by atoms with van der Waals surface area (Å²) in [4.78, 5) is 17.7. The number of rotatable bonds is 5. The first kappa shape index (κ1) is 24.1. The van der Waals surface area contributed by atoms with Crippen molar-refractivity contribution in [2.45, 2.75) is 49.1 Å². The predicted molar refractivity (Wildman–Crippen MR) is 127 cm³/mol. The van der Waals surface area contributed by atoms with Crippen molar-refractivity contribution in [2.75, 3.05) is 21.1 Å². The fourth-order valence-electron chi connectivity index (χ4n) is 3.88. The van der Waals surface area contributed by atoms with Gasteiger partial charge in [0.15, 0.2) is 0 Å². The predicted octanol–water partition coefficient (Wildman–Crippen LogP) is 6.69. The standard InChI is InChI=1S/C23H29ClN2OS.ClH/c1-25(2)16-17-4-6-18(7-5-17)19-8-12-21(13-9-19)26(3)23(27)28-22-14-10-20(24)11-15-22;/h4-7,10-11,14-15,19,21H,8-9,12-13,16H2,1-3H3;1H. The number of benzene rings is 2. The van der Waals surface area contributed by atoms with Gasteiger partial charge in [-0.3, -0.25) is 4.79 Å². The van der Waals surface area contributed by atoms with Gasteiger partial charge in [0.05, 0.1) is 0 Å². The summed E-state index contributed by atoms with van der Waals surface area (Å²) >= 11 is 7.20. The van der Waals surface area contributed by atoms with E-state index in [0.29, 0.717) is 17.0 Å². The van der Waals surface area contributed by atoms with Crippen LogP contribution in [0.3, 0.4) is 0 Å². The van der Waals surface area contributed by atoms with Crippen molar-refractivity contribution in [3.63, 3.8) is 0 Å². The Hall–Kier alpha value is -1.20. The second-order valence-corrected chi connectivity index (χ2v) is 9.38. The maximum Gasteiger partial charge on any atom is 0.286 e. The second-order valence-electron chi connectivity index (χ2n) is 7.92. The van der Waals surface area contributed by atoms with Crippen LogP contribution in [0.1, 0.15) is 42.7 Å². The maximum absolute atomic E-state index is 12.6. The second kappa shape index (κ2) is 11.3. The summed E-state index contributed by atoms with van der Waals surface area (Å²) in [6, 6.07) is 16.9. The number of hydrogen-bond acceptors (Lipinski definition) is 3. The van der Waals surface area contributed by atoms with E-state index in [-0.39, 0.29) is 17.6 Å². The number of hydrogen-bond donors (Lipinski definition) is 0. The normalized spacial score (nSPS) is 18.9. The summed E-state index contributed by atoms with van der Waals surface area (Å²) in [6.07, 6.45) is 4.41. The van der Waals surface area contributed by atoms with Gasteiger partial charge < -0.3 is 9.80 Å². The molecule has 1 amide bonds. The van der Waals surface area contributed by atoms with Crippen LogP contribution in [0, 0.1) is 0 Å². The van der Waals surface area contributed by atoms with Crippen LogP contribution in [0.15, 0.2) is 53.4 Å². The quantitative estimate of drug-likeness (QED) is 0.471. The van der Waals surface area contributed by atoms with Crippen molar-refractivity contribution in [2.24, 2.45) is 0 Å². The van der Waals surface area contributed by atoms with E-state index in [9.17, 15) is 4.79 Å². The number of carbonyl (C=O) groups excluding carboxylic acids is 1. The largest absolute Gasteiger partial charge is 0.333 e. The van der Waals surface area contributed by atoms with Crippen LogP contribution in [0.5, 0.6) is 0 Å². The van der Waals surface area contributed by atoms with Crippen LogP contribution in [0.2, 0.25) is 5.02 Å². The number of halogens is 2. The summed E-state index contributed by atoms with van der Waals surface area (Å²) < 4.78 is 0. The molecule has 6 heteroatoms. The highest BCUT2D eigenvalue weighted by molar-refractivity contribution is 8.13. The van der Waals surface area contributed by atoms with Crippen molar-refractivity contribution in [1.82, 2.24) is 9.80 Å². The third-order valence-electron chi connectivity index (χ3n) is 5.50. The highest BCUT2D eigenvalue weighted by Crippen LogP contribution is 2.36. The fourth-order valence-corrected chi connectivity index (χ4v) is 4.77. The van der Waals surface area contributed by atoms with Gasteiger partial charge in [-0.2, -0.15) is 0 Å². The Bertz CT molecular complexity index is 772. The lowest BCUT2D eigenvalue weighted by Gasteiger charge is -2.34. The van der Waals surface area contributed by atoms with Gasteiger partial charge in [-0.1, -0.05) is 35.9 Å². The topological polar surface area (TPSA) is 23.6 Å².